The molecular formula is C14H6ClF5NO. The third kappa shape index (κ3) is 3.36. The topological polar surface area (TPSA) is 21.6 Å². The van der Waals surface area contributed by atoms with E-state index < -0.39 is 41.3 Å². The summed E-state index contributed by atoms with van der Waals surface area (Å²) in [5.41, 5.74) is -0.710. The van der Waals surface area contributed by atoms with E-state index in [9.17, 15) is 22.0 Å². The van der Waals surface area contributed by atoms with Crippen LogP contribution in [-0.4, -0.2) is 6.21 Å². The Hall–Kier alpha value is -2.15. The second-order valence-corrected chi connectivity index (χ2v) is 4.47. The second-order valence-electron chi connectivity index (χ2n) is 4.04. The zero-order valence-corrected chi connectivity index (χ0v) is 11.4. The smallest absolute Gasteiger partial charge is 0.200 e. The van der Waals surface area contributed by atoms with Gasteiger partial charge in [-0.3, -0.25) is 0 Å². The zero-order valence-electron chi connectivity index (χ0n) is 10.6. The van der Waals surface area contributed by atoms with Gasteiger partial charge in [0.25, 0.3) is 0 Å². The number of halogens is 6. The number of benzene rings is 2. The fraction of sp³-hybridized carbons (Fsp3) is 0.0714. The molecule has 0 heterocycles. The maximum atomic E-state index is 13.3. The van der Waals surface area contributed by atoms with Gasteiger partial charge in [0.2, 0.25) is 5.82 Å². The van der Waals surface area contributed by atoms with Gasteiger partial charge in [0.05, 0.1) is 5.56 Å². The van der Waals surface area contributed by atoms with E-state index in [2.05, 4.69) is 16.2 Å². The van der Waals surface area contributed by atoms with Gasteiger partial charge < -0.3 is 4.84 Å². The number of rotatable bonds is 4. The lowest BCUT2D eigenvalue weighted by Gasteiger charge is -2.06. The fourth-order valence-corrected chi connectivity index (χ4v) is 1.71. The summed E-state index contributed by atoms with van der Waals surface area (Å²) in [4.78, 5) is 4.51. The van der Waals surface area contributed by atoms with Gasteiger partial charge in [-0.15, -0.1) is 0 Å². The molecule has 0 atom stereocenters. The Labute approximate surface area is 126 Å². The number of hydrogen-bond donors (Lipinski definition) is 0. The molecule has 0 aliphatic heterocycles. The molecule has 0 aliphatic carbocycles. The standard InChI is InChI=1S/C14H6ClF5NO/c15-8-3-1-2-7(4-8)5-21-22-6-9-10(16)12(18)14(20)13(19)11(9)17/h1-4H,6H2. The molecule has 115 valence electrons. The average molecular weight is 335 g/mol. The summed E-state index contributed by atoms with van der Waals surface area (Å²) in [6.07, 6.45) is 2.35. The van der Waals surface area contributed by atoms with Gasteiger partial charge in [-0.05, 0) is 12.1 Å². The van der Waals surface area contributed by atoms with Crippen molar-refractivity contribution >= 4 is 17.8 Å². The zero-order chi connectivity index (χ0) is 16.3. The van der Waals surface area contributed by atoms with Crippen LogP contribution in [0.3, 0.4) is 0 Å². The van der Waals surface area contributed by atoms with E-state index in [1.807, 2.05) is 0 Å². The highest BCUT2D eigenvalue weighted by molar-refractivity contribution is 6.30. The largest absolute Gasteiger partial charge is 0.390 e. The second kappa shape index (κ2) is 6.74. The molecule has 2 nitrogen and oxygen atoms in total. The third-order valence-electron chi connectivity index (χ3n) is 2.57. The summed E-state index contributed by atoms with van der Waals surface area (Å²) in [6.45, 7) is -0.945. The van der Waals surface area contributed by atoms with Gasteiger partial charge in [-0.25, -0.2) is 22.0 Å². The molecule has 0 bridgehead atoms. The van der Waals surface area contributed by atoms with E-state index in [1.165, 1.54) is 6.07 Å². The van der Waals surface area contributed by atoms with E-state index in [0.29, 0.717) is 10.6 Å². The van der Waals surface area contributed by atoms with Gasteiger partial charge in [-0.2, -0.15) is 0 Å². The summed E-state index contributed by atoms with van der Waals surface area (Å²) >= 11 is 5.70. The van der Waals surface area contributed by atoms with E-state index in [4.69, 9.17) is 11.6 Å². The molecular weight excluding hydrogens is 329 g/mol. The molecule has 0 saturated carbocycles. The van der Waals surface area contributed by atoms with E-state index in [0.717, 1.165) is 0 Å². The molecule has 0 fully saturated rings. The summed E-state index contributed by atoms with van der Waals surface area (Å²) in [7, 11) is 0. The third-order valence-corrected chi connectivity index (χ3v) is 2.81. The molecule has 2 aromatic rings. The van der Waals surface area contributed by atoms with Crippen LogP contribution in [0, 0.1) is 29.1 Å². The van der Waals surface area contributed by atoms with E-state index in [-0.39, 0.29) is 0 Å². The van der Waals surface area contributed by atoms with Crippen LogP contribution in [0.15, 0.2) is 29.4 Å². The normalized spacial score (nSPS) is 11.2. The first kappa shape index (κ1) is 16.2. The van der Waals surface area contributed by atoms with Gasteiger partial charge >= 0.3 is 0 Å². The fourth-order valence-electron chi connectivity index (χ4n) is 1.52. The first-order chi connectivity index (χ1) is 10.4. The first-order valence-corrected chi connectivity index (χ1v) is 6.13. The van der Waals surface area contributed by atoms with Crippen molar-refractivity contribution in [3.8, 4) is 0 Å². The molecule has 0 amide bonds. The Balaban J connectivity index is 2.13. The lowest BCUT2D eigenvalue weighted by molar-refractivity contribution is 0.124. The van der Waals surface area contributed by atoms with Crippen molar-refractivity contribution in [1.82, 2.24) is 0 Å². The lowest BCUT2D eigenvalue weighted by Crippen LogP contribution is -2.07. The number of nitrogens with zero attached hydrogens (tertiary/aromatic N) is 1. The van der Waals surface area contributed by atoms with Gasteiger partial charge in [0, 0.05) is 10.6 Å². The molecule has 2 aromatic carbocycles. The van der Waals surface area contributed by atoms with Gasteiger partial charge in [-0.1, -0.05) is 28.9 Å². The monoisotopic (exact) mass is 334 g/mol. The average Bonchev–Trinajstić information content (AvgIpc) is 2.50. The number of hydrogen-bond acceptors (Lipinski definition) is 2. The predicted molar refractivity (Wildman–Crippen MR) is 69.0 cm³/mol. The van der Waals surface area contributed by atoms with Crippen LogP contribution >= 0.6 is 11.6 Å². The Morgan fingerprint density at radius 3 is 2.14 bits per heavy atom. The highest BCUT2D eigenvalue weighted by Gasteiger charge is 2.25. The maximum absolute atomic E-state index is 13.3. The van der Waals surface area contributed by atoms with Gasteiger partial charge in [0.1, 0.15) is 12.8 Å². The summed E-state index contributed by atoms with van der Waals surface area (Å²) in [6, 6.07) is 6.25. The lowest BCUT2D eigenvalue weighted by atomic mass is 10.2. The van der Waals surface area contributed by atoms with Crippen molar-refractivity contribution in [2.45, 2.75) is 6.61 Å². The maximum Gasteiger partial charge on any atom is 0.200 e. The Morgan fingerprint density at radius 1 is 0.955 bits per heavy atom. The van der Waals surface area contributed by atoms with Gasteiger partial charge in [0.15, 0.2) is 23.3 Å². The summed E-state index contributed by atoms with van der Waals surface area (Å²) in [5, 5.41) is 3.66. The van der Waals surface area contributed by atoms with Crippen LogP contribution in [0.1, 0.15) is 11.1 Å². The molecule has 1 radical (unpaired) electrons. The summed E-state index contributed by atoms with van der Waals surface area (Å²) < 4.78 is 65.4. The highest BCUT2D eigenvalue weighted by atomic mass is 35.5. The quantitative estimate of drug-likeness (QED) is 0.266. The molecule has 2 rings (SSSR count). The SMILES string of the molecule is Fc1c(F)c(F)c(CO/N=[C]\c2cccc(Cl)c2)c(F)c1F. The molecule has 22 heavy (non-hydrogen) atoms. The van der Waals surface area contributed by atoms with Crippen molar-refractivity contribution in [3.05, 3.63) is 69.5 Å². The molecule has 8 heteroatoms. The summed E-state index contributed by atoms with van der Waals surface area (Å²) in [5.74, 6) is -10.2. The minimum Gasteiger partial charge on any atom is -0.390 e. The van der Waals surface area contributed by atoms with Crippen LogP contribution in [0.2, 0.25) is 5.02 Å². The first-order valence-electron chi connectivity index (χ1n) is 5.75. The molecule has 0 unspecified atom stereocenters. The van der Waals surface area contributed by atoms with Crippen molar-refractivity contribution in [2.24, 2.45) is 5.16 Å². The van der Waals surface area contributed by atoms with Crippen molar-refractivity contribution < 1.29 is 26.8 Å². The Kier molecular flexibility index (Phi) is 4.97. The molecule has 0 saturated heterocycles. The van der Waals surface area contributed by atoms with Crippen molar-refractivity contribution in [3.63, 3.8) is 0 Å². The predicted octanol–water partition coefficient (Wildman–Crippen LogP) is 4.46. The molecule has 0 aliphatic rings. The minimum atomic E-state index is -2.23. The molecule has 0 spiro atoms. The Morgan fingerprint density at radius 2 is 1.55 bits per heavy atom. The van der Waals surface area contributed by atoms with E-state index in [1.54, 1.807) is 18.2 Å². The van der Waals surface area contributed by atoms with Crippen LogP contribution in [0.5, 0.6) is 0 Å². The highest BCUT2D eigenvalue weighted by Crippen LogP contribution is 2.23. The Bertz CT molecular complexity index is 706. The van der Waals surface area contributed by atoms with Crippen molar-refractivity contribution in [1.29, 1.82) is 0 Å². The van der Waals surface area contributed by atoms with Crippen LogP contribution in [0.4, 0.5) is 22.0 Å². The van der Waals surface area contributed by atoms with E-state index >= 15 is 0 Å². The van der Waals surface area contributed by atoms with Crippen LogP contribution < -0.4 is 0 Å². The van der Waals surface area contributed by atoms with Crippen molar-refractivity contribution in [2.75, 3.05) is 0 Å². The van der Waals surface area contributed by atoms with Crippen LogP contribution in [0.25, 0.3) is 0 Å². The van der Waals surface area contributed by atoms with Crippen LogP contribution in [-0.2, 0) is 11.4 Å². The minimum absolute atomic E-state index is 0.403. The molecule has 0 aromatic heterocycles. The molecule has 0 N–H and O–H groups in total.